The van der Waals surface area contributed by atoms with E-state index in [-0.39, 0.29) is 11.7 Å². The summed E-state index contributed by atoms with van der Waals surface area (Å²) in [6.07, 6.45) is 1.66. The SMILES string of the molecule is CC(C)(/C=C/C(=O)Nc1ccccc1N)[C@H](OC(=O)Nc1ccccc1)c1ccc(O)c2ccccc12. The van der Waals surface area contributed by atoms with Crippen molar-refractivity contribution in [3.05, 3.63) is 109 Å². The summed E-state index contributed by atoms with van der Waals surface area (Å²) in [4.78, 5) is 25.6. The topological polar surface area (TPSA) is 114 Å². The molecule has 0 radical (unpaired) electrons. The van der Waals surface area contributed by atoms with Gasteiger partial charge in [0, 0.05) is 22.1 Å². The predicted molar refractivity (Wildman–Crippen MR) is 147 cm³/mol. The third-order valence-electron chi connectivity index (χ3n) is 6.02. The molecule has 4 aromatic carbocycles. The lowest BCUT2D eigenvalue weighted by Gasteiger charge is -2.32. The molecule has 0 aliphatic rings. The normalized spacial score (nSPS) is 12.3. The van der Waals surface area contributed by atoms with Gasteiger partial charge in [0.1, 0.15) is 11.9 Å². The fraction of sp³-hybridized carbons (Fsp3) is 0.133. The van der Waals surface area contributed by atoms with E-state index in [0.717, 1.165) is 5.39 Å². The number of benzene rings is 4. The Morgan fingerprint density at radius 1 is 0.865 bits per heavy atom. The summed E-state index contributed by atoms with van der Waals surface area (Å²) in [5.41, 5.74) is 7.36. The van der Waals surface area contributed by atoms with E-state index >= 15 is 0 Å². The van der Waals surface area contributed by atoms with Crippen LogP contribution in [0.3, 0.4) is 0 Å². The van der Waals surface area contributed by atoms with Crippen molar-refractivity contribution in [1.29, 1.82) is 0 Å². The quantitative estimate of drug-likeness (QED) is 0.170. The van der Waals surface area contributed by atoms with E-state index in [1.54, 1.807) is 60.7 Å². The zero-order valence-corrected chi connectivity index (χ0v) is 20.6. The number of hydrogen-bond donors (Lipinski definition) is 4. The number of phenols is 1. The van der Waals surface area contributed by atoms with E-state index in [1.807, 2.05) is 50.2 Å². The van der Waals surface area contributed by atoms with Gasteiger partial charge in [-0.1, -0.05) is 80.6 Å². The highest BCUT2D eigenvalue weighted by Gasteiger charge is 2.34. The van der Waals surface area contributed by atoms with Crippen LogP contribution in [0.15, 0.2) is 103 Å². The molecular formula is C30H29N3O4. The molecule has 0 fully saturated rings. The minimum atomic E-state index is -0.826. The molecular weight excluding hydrogens is 466 g/mol. The van der Waals surface area contributed by atoms with Gasteiger partial charge in [-0.3, -0.25) is 10.1 Å². The Hall–Kier alpha value is -4.78. The Morgan fingerprint density at radius 2 is 1.51 bits per heavy atom. The zero-order valence-electron chi connectivity index (χ0n) is 20.6. The summed E-state index contributed by atoms with van der Waals surface area (Å²) in [6, 6.07) is 26.6. The van der Waals surface area contributed by atoms with Crippen LogP contribution in [0, 0.1) is 5.41 Å². The maximum absolute atomic E-state index is 13.0. The van der Waals surface area contributed by atoms with Crippen molar-refractivity contribution < 1.29 is 19.4 Å². The van der Waals surface area contributed by atoms with E-state index in [0.29, 0.717) is 28.0 Å². The van der Waals surface area contributed by atoms with Crippen molar-refractivity contribution in [3.63, 3.8) is 0 Å². The van der Waals surface area contributed by atoms with Crippen LogP contribution >= 0.6 is 0 Å². The molecule has 5 N–H and O–H groups in total. The van der Waals surface area contributed by atoms with Crippen molar-refractivity contribution in [2.24, 2.45) is 5.41 Å². The van der Waals surface area contributed by atoms with Gasteiger partial charge in [-0.2, -0.15) is 0 Å². The highest BCUT2D eigenvalue weighted by atomic mass is 16.6. The molecule has 4 aromatic rings. The number of phenolic OH excluding ortho intramolecular Hbond substituents is 1. The summed E-state index contributed by atoms with van der Waals surface area (Å²) < 4.78 is 5.99. The van der Waals surface area contributed by atoms with Crippen LogP contribution in [0.4, 0.5) is 21.9 Å². The van der Waals surface area contributed by atoms with Gasteiger partial charge in [-0.25, -0.2) is 4.79 Å². The zero-order chi connectivity index (χ0) is 26.4. The van der Waals surface area contributed by atoms with Crippen LogP contribution in [0.1, 0.15) is 25.5 Å². The van der Waals surface area contributed by atoms with Gasteiger partial charge in [0.05, 0.1) is 11.4 Å². The summed E-state index contributed by atoms with van der Waals surface area (Å²) in [5.74, 6) is -0.242. The molecule has 0 aliphatic carbocycles. The number of amides is 2. The standard InChI is InChI=1S/C30H29N3O4/c1-30(2,19-18-27(35)33-25-15-9-8-14-24(25)31)28(37-29(36)32-20-10-4-3-5-11-20)23-16-17-26(34)22-13-7-6-12-21(22)23/h3-19,28,34H,31H2,1-2H3,(H,32,36)(H,33,35)/b19-18+/t28-/m1/s1. The molecule has 1 atom stereocenters. The number of rotatable bonds is 7. The minimum absolute atomic E-state index is 0.125. The van der Waals surface area contributed by atoms with Crippen LogP contribution in [0.25, 0.3) is 10.8 Å². The number of ether oxygens (including phenoxy) is 1. The van der Waals surface area contributed by atoms with E-state index in [2.05, 4.69) is 10.6 Å². The fourth-order valence-electron chi connectivity index (χ4n) is 4.09. The highest BCUT2D eigenvalue weighted by Crippen LogP contribution is 2.42. The van der Waals surface area contributed by atoms with Crippen LogP contribution in [0.2, 0.25) is 0 Å². The van der Waals surface area contributed by atoms with Crippen molar-refractivity contribution in [2.45, 2.75) is 20.0 Å². The van der Waals surface area contributed by atoms with Gasteiger partial charge in [0.25, 0.3) is 0 Å². The number of nitrogens with one attached hydrogen (secondary N) is 2. The predicted octanol–water partition coefficient (Wildman–Crippen LogP) is 6.64. The summed E-state index contributed by atoms with van der Waals surface area (Å²) in [6.45, 7) is 3.74. The Kier molecular flexibility index (Phi) is 7.44. The molecule has 0 aliphatic heterocycles. The number of fused-ring (bicyclic) bond motifs is 1. The molecule has 0 aromatic heterocycles. The van der Waals surface area contributed by atoms with Crippen molar-refractivity contribution in [3.8, 4) is 5.75 Å². The van der Waals surface area contributed by atoms with Crippen LogP contribution in [-0.4, -0.2) is 17.1 Å². The summed E-state index contributed by atoms with van der Waals surface area (Å²) in [5, 5.41) is 17.3. The van der Waals surface area contributed by atoms with Crippen molar-refractivity contribution in [2.75, 3.05) is 16.4 Å². The number of para-hydroxylation sites is 3. The fourth-order valence-corrected chi connectivity index (χ4v) is 4.09. The van der Waals surface area contributed by atoms with E-state index < -0.39 is 17.6 Å². The first-order chi connectivity index (χ1) is 17.7. The molecule has 0 saturated carbocycles. The average Bonchev–Trinajstić information content (AvgIpc) is 2.89. The maximum atomic E-state index is 13.0. The van der Waals surface area contributed by atoms with E-state index in [9.17, 15) is 14.7 Å². The number of nitrogens with two attached hydrogens (primary N) is 1. The Labute approximate surface area is 215 Å². The molecule has 0 saturated heterocycles. The molecule has 2 amide bonds. The molecule has 7 heteroatoms. The number of aromatic hydroxyl groups is 1. The first-order valence-corrected chi connectivity index (χ1v) is 11.8. The monoisotopic (exact) mass is 495 g/mol. The molecule has 0 spiro atoms. The lowest BCUT2D eigenvalue weighted by atomic mass is 9.80. The third kappa shape index (κ3) is 6.08. The second-order valence-corrected chi connectivity index (χ2v) is 9.23. The summed E-state index contributed by atoms with van der Waals surface area (Å²) in [7, 11) is 0. The largest absolute Gasteiger partial charge is 0.507 e. The van der Waals surface area contributed by atoms with Gasteiger partial charge < -0.3 is 20.9 Å². The van der Waals surface area contributed by atoms with Gasteiger partial charge >= 0.3 is 6.09 Å². The number of nitrogen functional groups attached to an aromatic ring is 1. The molecule has 4 rings (SSSR count). The van der Waals surface area contributed by atoms with Crippen molar-refractivity contribution >= 4 is 39.8 Å². The number of anilines is 3. The Balaban J connectivity index is 1.66. The Morgan fingerprint density at radius 3 is 2.24 bits per heavy atom. The van der Waals surface area contributed by atoms with Crippen LogP contribution in [-0.2, 0) is 9.53 Å². The third-order valence-corrected chi connectivity index (χ3v) is 6.02. The molecule has 7 nitrogen and oxygen atoms in total. The molecule has 188 valence electrons. The van der Waals surface area contributed by atoms with Gasteiger partial charge in [-0.05, 0) is 41.8 Å². The lowest BCUT2D eigenvalue weighted by molar-refractivity contribution is -0.112. The van der Waals surface area contributed by atoms with Crippen LogP contribution < -0.4 is 16.4 Å². The first kappa shape index (κ1) is 25.3. The second kappa shape index (κ2) is 10.9. The number of hydrogen-bond acceptors (Lipinski definition) is 5. The number of carbonyl (C=O) groups excluding carboxylic acids is 2. The molecule has 37 heavy (non-hydrogen) atoms. The molecule has 0 heterocycles. The minimum Gasteiger partial charge on any atom is -0.507 e. The second-order valence-electron chi connectivity index (χ2n) is 9.23. The summed E-state index contributed by atoms with van der Waals surface area (Å²) >= 11 is 0. The van der Waals surface area contributed by atoms with E-state index in [1.165, 1.54) is 6.08 Å². The first-order valence-electron chi connectivity index (χ1n) is 11.8. The van der Waals surface area contributed by atoms with Crippen LogP contribution in [0.5, 0.6) is 5.75 Å². The molecule has 0 unspecified atom stereocenters. The smallest absolute Gasteiger partial charge is 0.412 e. The van der Waals surface area contributed by atoms with E-state index in [4.69, 9.17) is 10.5 Å². The van der Waals surface area contributed by atoms with Gasteiger partial charge in [-0.15, -0.1) is 0 Å². The molecule has 0 bridgehead atoms. The number of carbonyl (C=O) groups is 2. The Bertz CT molecular complexity index is 1450. The average molecular weight is 496 g/mol. The van der Waals surface area contributed by atoms with Gasteiger partial charge in [0.2, 0.25) is 5.91 Å². The van der Waals surface area contributed by atoms with Crippen molar-refractivity contribution in [1.82, 2.24) is 0 Å². The maximum Gasteiger partial charge on any atom is 0.412 e. The highest BCUT2D eigenvalue weighted by molar-refractivity contribution is 6.01. The lowest BCUT2D eigenvalue weighted by Crippen LogP contribution is -2.28. The van der Waals surface area contributed by atoms with Gasteiger partial charge in [0.15, 0.2) is 0 Å².